The Morgan fingerprint density at radius 1 is 1.56 bits per heavy atom. The molecule has 6 nitrogen and oxygen atoms in total. The Morgan fingerprint density at radius 3 is 2.62 bits per heavy atom. The van der Waals surface area contributed by atoms with Gasteiger partial charge in [0.15, 0.2) is 5.16 Å². The van der Waals surface area contributed by atoms with Crippen molar-refractivity contribution in [1.82, 2.24) is 19.7 Å². The van der Waals surface area contributed by atoms with Gasteiger partial charge in [0.05, 0.1) is 11.8 Å². The molecule has 1 heterocycles. The first-order valence-corrected chi connectivity index (χ1v) is 5.81. The molecule has 0 saturated heterocycles. The van der Waals surface area contributed by atoms with E-state index in [1.165, 1.54) is 11.8 Å². The van der Waals surface area contributed by atoms with Gasteiger partial charge in [-0.2, -0.15) is 0 Å². The van der Waals surface area contributed by atoms with Crippen LogP contribution in [0.4, 0.5) is 0 Å². The van der Waals surface area contributed by atoms with Crippen LogP contribution in [-0.4, -0.2) is 44.9 Å². The van der Waals surface area contributed by atoms with Gasteiger partial charge in [0.2, 0.25) is 5.91 Å². The lowest BCUT2D eigenvalue weighted by Gasteiger charge is -2.15. The predicted molar refractivity (Wildman–Crippen MR) is 62.9 cm³/mol. The van der Waals surface area contributed by atoms with Gasteiger partial charge in [0.1, 0.15) is 5.82 Å². The van der Waals surface area contributed by atoms with E-state index in [4.69, 9.17) is 5.73 Å². The van der Waals surface area contributed by atoms with Crippen molar-refractivity contribution in [1.29, 1.82) is 0 Å². The van der Waals surface area contributed by atoms with Crippen LogP contribution in [0.2, 0.25) is 0 Å². The number of hydrogen-bond acceptors (Lipinski definition) is 5. The van der Waals surface area contributed by atoms with Crippen molar-refractivity contribution < 1.29 is 4.79 Å². The Hall–Kier alpha value is -1.08. The Kier molecular flexibility index (Phi) is 4.31. The Balaban J connectivity index is 2.73. The minimum absolute atomic E-state index is 0.0577. The number of carbonyl (C=O) groups excluding carboxylic acids is 1. The number of thioether (sulfide) groups is 1. The number of nitrogens with zero attached hydrogens (tertiary/aromatic N) is 4. The molecule has 1 aromatic rings. The van der Waals surface area contributed by atoms with E-state index in [1.54, 1.807) is 19.0 Å². The molecule has 0 aliphatic carbocycles. The van der Waals surface area contributed by atoms with Gasteiger partial charge in [-0.05, 0) is 6.92 Å². The zero-order valence-corrected chi connectivity index (χ0v) is 10.8. The van der Waals surface area contributed by atoms with Gasteiger partial charge in [-0.1, -0.05) is 11.8 Å². The molecule has 90 valence electrons. The van der Waals surface area contributed by atoms with Crippen LogP contribution < -0.4 is 5.73 Å². The van der Waals surface area contributed by atoms with E-state index in [-0.39, 0.29) is 11.2 Å². The fourth-order valence-corrected chi connectivity index (χ4v) is 2.18. The normalized spacial score (nSPS) is 12.6. The maximum Gasteiger partial charge on any atom is 0.235 e. The summed E-state index contributed by atoms with van der Waals surface area (Å²) in [7, 11) is 5.32. The van der Waals surface area contributed by atoms with E-state index >= 15 is 0 Å². The lowest BCUT2D eigenvalue weighted by atomic mass is 10.4. The molecular weight excluding hydrogens is 226 g/mol. The third kappa shape index (κ3) is 2.73. The van der Waals surface area contributed by atoms with E-state index in [9.17, 15) is 4.79 Å². The van der Waals surface area contributed by atoms with E-state index in [1.807, 2.05) is 18.5 Å². The molecule has 0 aliphatic rings. The van der Waals surface area contributed by atoms with E-state index in [0.717, 1.165) is 0 Å². The highest BCUT2D eigenvalue weighted by molar-refractivity contribution is 8.00. The highest BCUT2D eigenvalue weighted by Gasteiger charge is 2.19. The molecule has 1 amide bonds. The molecule has 0 fully saturated rings. The van der Waals surface area contributed by atoms with Crippen molar-refractivity contribution in [3.63, 3.8) is 0 Å². The van der Waals surface area contributed by atoms with Crippen LogP contribution in [0, 0.1) is 0 Å². The van der Waals surface area contributed by atoms with Crippen LogP contribution in [0.15, 0.2) is 5.16 Å². The third-order valence-corrected chi connectivity index (χ3v) is 3.30. The van der Waals surface area contributed by atoms with Crippen LogP contribution >= 0.6 is 11.8 Å². The number of hydrogen-bond donors (Lipinski definition) is 1. The molecule has 0 spiro atoms. The summed E-state index contributed by atoms with van der Waals surface area (Å²) in [5.74, 6) is 0.773. The molecule has 0 unspecified atom stereocenters. The van der Waals surface area contributed by atoms with Crippen molar-refractivity contribution >= 4 is 17.7 Å². The lowest BCUT2D eigenvalue weighted by Crippen LogP contribution is -2.29. The largest absolute Gasteiger partial charge is 0.348 e. The van der Waals surface area contributed by atoms with E-state index in [0.29, 0.717) is 17.5 Å². The predicted octanol–water partition coefficient (Wildman–Crippen LogP) is -0.157. The molecule has 1 atom stereocenters. The fourth-order valence-electron chi connectivity index (χ4n) is 1.20. The van der Waals surface area contributed by atoms with Gasteiger partial charge < -0.3 is 15.2 Å². The van der Waals surface area contributed by atoms with Gasteiger partial charge in [0.25, 0.3) is 0 Å². The minimum atomic E-state index is -0.177. The van der Waals surface area contributed by atoms with Crippen molar-refractivity contribution in [3.05, 3.63) is 5.82 Å². The maximum absolute atomic E-state index is 11.7. The van der Waals surface area contributed by atoms with Gasteiger partial charge in [0, 0.05) is 21.1 Å². The summed E-state index contributed by atoms with van der Waals surface area (Å²) in [6, 6.07) is 0. The summed E-state index contributed by atoms with van der Waals surface area (Å²) in [6.07, 6.45) is 0. The summed E-state index contributed by atoms with van der Waals surface area (Å²) in [4.78, 5) is 13.2. The molecule has 1 rings (SSSR count). The fraction of sp³-hybridized carbons (Fsp3) is 0.667. The van der Waals surface area contributed by atoms with Crippen molar-refractivity contribution in [2.24, 2.45) is 12.8 Å². The van der Waals surface area contributed by atoms with Crippen LogP contribution in [0.25, 0.3) is 0 Å². The van der Waals surface area contributed by atoms with E-state index in [2.05, 4.69) is 10.2 Å². The highest BCUT2D eigenvalue weighted by Crippen LogP contribution is 2.22. The average Bonchev–Trinajstić information content (AvgIpc) is 2.58. The first kappa shape index (κ1) is 13.0. The molecule has 7 heteroatoms. The van der Waals surface area contributed by atoms with Crippen molar-refractivity contribution in [2.75, 3.05) is 14.1 Å². The van der Waals surface area contributed by atoms with Crippen LogP contribution in [0.1, 0.15) is 12.7 Å². The number of rotatable bonds is 4. The standard InChI is InChI=1S/C9H17N5OS/c1-6(8(15)13(2)3)16-9-12-11-7(5-10)14(9)4/h6H,5,10H2,1-4H3/t6-/m1/s1. The first-order valence-electron chi connectivity index (χ1n) is 4.93. The number of nitrogens with two attached hydrogens (primary N) is 1. The zero-order valence-electron chi connectivity index (χ0n) is 9.97. The number of aromatic nitrogens is 3. The molecule has 0 saturated carbocycles. The smallest absolute Gasteiger partial charge is 0.235 e. The second-order valence-electron chi connectivity index (χ2n) is 3.65. The number of carbonyl (C=O) groups is 1. The average molecular weight is 243 g/mol. The van der Waals surface area contributed by atoms with Gasteiger partial charge in [-0.25, -0.2) is 0 Å². The second kappa shape index (κ2) is 5.31. The van der Waals surface area contributed by atoms with E-state index < -0.39 is 0 Å². The molecule has 0 radical (unpaired) electrons. The highest BCUT2D eigenvalue weighted by atomic mass is 32.2. The molecule has 0 aliphatic heterocycles. The zero-order chi connectivity index (χ0) is 12.3. The molecule has 0 aromatic carbocycles. The SMILES string of the molecule is C[C@@H](Sc1nnc(CN)n1C)C(=O)N(C)C. The van der Waals surface area contributed by atoms with Crippen molar-refractivity contribution in [3.8, 4) is 0 Å². The van der Waals surface area contributed by atoms with Gasteiger partial charge in [-0.15, -0.1) is 10.2 Å². The summed E-state index contributed by atoms with van der Waals surface area (Å²) < 4.78 is 1.81. The molecule has 1 aromatic heterocycles. The quantitative estimate of drug-likeness (QED) is 0.744. The topological polar surface area (TPSA) is 77.0 Å². The second-order valence-corrected chi connectivity index (χ2v) is 4.96. The molecule has 16 heavy (non-hydrogen) atoms. The third-order valence-electron chi connectivity index (χ3n) is 2.18. The summed E-state index contributed by atoms with van der Waals surface area (Å²) >= 11 is 1.39. The Morgan fingerprint density at radius 2 is 2.19 bits per heavy atom. The first-order chi connectivity index (χ1) is 7.47. The lowest BCUT2D eigenvalue weighted by molar-refractivity contribution is -0.127. The molecule has 0 bridgehead atoms. The Labute approximate surface area is 99.2 Å². The van der Waals surface area contributed by atoms with Gasteiger partial charge in [-0.3, -0.25) is 4.79 Å². The van der Waals surface area contributed by atoms with Crippen LogP contribution in [0.3, 0.4) is 0 Å². The summed E-state index contributed by atoms with van der Waals surface area (Å²) in [5, 5.41) is 8.46. The van der Waals surface area contributed by atoms with Crippen molar-refractivity contribution in [2.45, 2.75) is 23.9 Å². The summed E-state index contributed by atoms with van der Waals surface area (Å²) in [6.45, 7) is 2.20. The molecular formula is C9H17N5OS. The summed E-state index contributed by atoms with van der Waals surface area (Å²) in [5.41, 5.74) is 5.50. The van der Waals surface area contributed by atoms with Crippen LogP contribution in [0.5, 0.6) is 0 Å². The number of amides is 1. The van der Waals surface area contributed by atoms with Crippen LogP contribution in [-0.2, 0) is 18.4 Å². The van der Waals surface area contributed by atoms with Gasteiger partial charge >= 0.3 is 0 Å². The maximum atomic E-state index is 11.7. The molecule has 2 N–H and O–H groups in total. The minimum Gasteiger partial charge on any atom is -0.348 e. The monoisotopic (exact) mass is 243 g/mol. The Bertz CT molecular complexity index is 376.